The molecule has 2 rings (SSSR count). The van der Waals surface area contributed by atoms with Crippen molar-refractivity contribution < 1.29 is 19.4 Å². The van der Waals surface area contributed by atoms with Crippen LogP contribution >= 0.6 is 0 Å². The summed E-state index contributed by atoms with van der Waals surface area (Å²) >= 11 is 0. The van der Waals surface area contributed by atoms with Gasteiger partial charge in [-0.15, -0.1) is 5.11 Å². The van der Waals surface area contributed by atoms with E-state index in [1.807, 2.05) is 6.07 Å². The molecule has 0 aromatic heterocycles. The summed E-state index contributed by atoms with van der Waals surface area (Å²) in [4.78, 5) is 23.4. The Bertz CT molecular complexity index is 772. The molecular formula is C18H19N3O4. The summed E-state index contributed by atoms with van der Waals surface area (Å²) in [5.74, 6) is -0.450. The van der Waals surface area contributed by atoms with Gasteiger partial charge in [-0.25, -0.2) is 9.80 Å². The monoisotopic (exact) mass is 341 g/mol. The van der Waals surface area contributed by atoms with Gasteiger partial charge in [-0.05, 0) is 48.4 Å². The molecule has 0 aliphatic rings. The van der Waals surface area contributed by atoms with Crippen LogP contribution in [-0.2, 0) is 16.0 Å². The van der Waals surface area contributed by atoms with Crippen LogP contribution in [0.15, 0.2) is 58.9 Å². The van der Waals surface area contributed by atoms with Gasteiger partial charge in [0.25, 0.3) is 0 Å². The Morgan fingerprint density at radius 3 is 2.52 bits per heavy atom. The van der Waals surface area contributed by atoms with E-state index in [0.29, 0.717) is 17.7 Å². The highest BCUT2D eigenvalue weighted by atomic mass is 16.5. The Morgan fingerprint density at radius 2 is 1.88 bits per heavy atom. The summed E-state index contributed by atoms with van der Waals surface area (Å²) in [6, 6.07) is 13.2. The minimum atomic E-state index is -0.428. The van der Waals surface area contributed by atoms with Gasteiger partial charge in [0.2, 0.25) is 5.91 Å². The first-order valence-corrected chi connectivity index (χ1v) is 7.64. The highest BCUT2D eigenvalue weighted by Crippen LogP contribution is 2.15. The van der Waals surface area contributed by atoms with Crippen LogP contribution in [-0.4, -0.2) is 36.1 Å². The van der Waals surface area contributed by atoms with Crippen molar-refractivity contribution in [3.63, 3.8) is 0 Å². The van der Waals surface area contributed by atoms with Crippen molar-refractivity contribution in [2.24, 2.45) is 10.3 Å². The molecule has 0 saturated heterocycles. The lowest BCUT2D eigenvalue weighted by Crippen LogP contribution is -2.20. The molecule has 0 aliphatic heterocycles. The second kappa shape index (κ2) is 8.58. The predicted molar refractivity (Wildman–Crippen MR) is 91.5 cm³/mol. The van der Waals surface area contributed by atoms with Crippen molar-refractivity contribution in [2.75, 3.05) is 14.2 Å². The van der Waals surface area contributed by atoms with Crippen LogP contribution in [0.25, 0.3) is 0 Å². The van der Waals surface area contributed by atoms with Gasteiger partial charge in [0.05, 0.1) is 18.4 Å². The van der Waals surface area contributed by atoms with E-state index < -0.39 is 5.97 Å². The van der Waals surface area contributed by atoms with Crippen molar-refractivity contribution in [3.8, 4) is 5.75 Å². The molecule has 0 fully saturated rings. The van der Waals surface area contributed by atoms with E-state index in [4.69, 9.17) is 0 Å². The molecule has 0 bridgehead atoms. The van der Waals surface area contributed by atoms with Crippen molar-refractivity contribution >= 4 is 17.6 Å². The van der Waals surface area contributed by atoms with E-state index in [2.05, 4.69) is 15.1 Å². The molecule has 0 spiro atoms. The summed E-state index contributed by atoms with van der Waals surface area (Å²) < 4.78 is 4.61. The van der Waals surface area contributed by atoms with Gasteiger partial charge >= 0.3 is 5.97 Å². The summed E-state index contributed by atoms with van der Waals surface area (Å²) in [5, 5.41) is 18.4. The first-order chi connectivity index (χ1) is 12.0. The van der Waals surface area contributed by atoms with Crippen LogP contribution in [0.1, 0.15) is 22.3 Å². The summed E-state index contributed by atoms with van der Waals surface area (Å²) in [5.41, 5.74) is 1.80. The molecule has 2 aromatic carbocycles. The molecule has 0 radical (unpaired) electrons. The van der Waals surface area contributed by atoms with E-state index in [1.165, 1.54) is 14.2 Å². The van der Waals surface area contributed by atoms with Crippen LogP contribution in [0.4, 0.5) is 5.69 Å². The van der Waals surface area contributed by atoms with E-state index >= 15 is 0 Å². The molecule has 1 N–H and O–H groups in total. The molecule has 2 aromatic rings. The number of methoxy groups -OCH3 is 1. The smallest absolute Gasteiger partial charge is 0.337 e. The molecule has 7 nitrogen and oxygen atoms in total. The largest absolute Gasteiger partial charge is 0.508 e. The van der Waals surface area contributed by atoms with Crippen molar-refractivity contribution in [1.82, 2.24) is 5.01 Å². The van der Waals surface area contributed by atoms with E-state index in [-0.39, 0.29) is 18.1 Å². The molecule has 0 atom stereocenters. The second-order valence-corrected chi connectivity index (χ2v) is 5.32. The fraction of sp³-hybridized carbons (Fsp3) is 0.222. The lowest BCUT2D eigenvalue weighted by Gasteiger charge is -2.09. The number of carbonyl (C=O) groups is 2. The topological polar surface area (TPSA) is 91.6 Å². The van der Waals surface area contributed by atoms with E-state index in [9.17, 15) is 14.7 Å². The predicted octanol–water partition coefficient (Wildman–Crippen LogP) is 3.27. The summed E-state index contributed by atoms with van der Waals surface area (Å²) in [6.45, 7) is 0. The quantitative estimate of drug-likeness (QED) is 0.496. The molecule has 0 saturated carbocycles. The number of aryl methyl sites for hydroxylation is 1. The number of ether oxygens (including phenoxy) is 1. The minimum Gasteiger partial charge on any atom is -0.508 e. The molecule has 0 unspecified atom stereocenters. The number of phenolic OH excluding ortho intramolecular Hbond substituents is 1. The van der Waals surface area contributed by atoms with Gasteiger partial charge in [-0.2, -0.15) is 0 Å². The number of phenols is 1. The average molecular weight is 341 g/mol. The van der Waals surface area contributed by atoms with E-state index in [1.54, 1.807) is 42.5 Å². The average Bonchev–Trinajstić information content (AvgIpc) is 2.64. The maximum absolute atomic E-state index is 12.1. The third-order valence-electron chi connectivity index (χ3n) is 3.48. The van der Waals surface area contributed by atoms with Crippen LogP contribution in [0.2, 0.25) is 0 Å². The SMILES string of the molecule is COC(=O)c1ccc(N=NN(C)C(=O)CCc2cccc(O)c2)cc1. The lowest BCUT2D eigenvalue weighted by molar-refractivity contribution is -0.130. The van der Waals surface area contributed by atoms with Gasteiger partial charge in [-0.3, -0.25) is 4.79 Å². The number of esters is 1. The Hall–Kier alpha value is -3.22. The van der Waals surface area contributed by atoms with Crippen molar-refractivity contribution in [2.45, 2.75) is 12.8 Å². The number of benzene rings is 2. The van der Waals surface area contributed by atoms with Gasteiger partial charge in [-0.1, -0.05) is 17.4 Å². The van der Waals surface area contributed by atoms with Crippen LogP contribution < -0.4 is 0 Å². The van der Waals surface area contributed by atoms with Gasteiger partial charge < -0.3 is 9.84 Å². The van der Waals surface area contributed by atoms with Gasteiger partial charge in [0.1, 0.15) is 5.75 Å². The second-order valence-electron chi connectivity index (χ2n) is 5.32. The molecule has 25 heavy (non-hydrogen) atoms. The van der Waals surface area contributed by atoms with Gasteiger partial charge in [0, 0.05) is 13.5 Å². The van der Waals surface area contributed by atoms with Crippen LogP contribution in [0.5, 0.6) is 5.75 Å². The number of hydrogen-bond acceptors (Lipinski definition) is 6. The number of nitrogens with zero attached hydrogens (tertiary/aromatic N) is 3. The Labute approximate surface area is 145 Å². The highest BCUT2D eigenvalue weighted by molar-refractivity contribution is 5.89. The van der Waals surface area contributed by atoms with Gasteiger partial charge in [0.15, 0.2) is 0 Å². The van der Waals surface area contributed by atoms with Crippen LogP contribution in [0, 0.1) is 0 Å². The summed E-state index contributed by atoms with van der Waals surface area (Å²) in [7, 11) is 2.84. The Balaban J connectivity index is 1.89. The zero-order chi connectivity index (χ0) is 18.2. The lowest BCUT2D eigenvalue weighted by atomic mass is 10.1. The highest BCUT2D eigenvalue weighted by Gasteiger charge is 2.09. The molecular weight excluding hydrogens is 322 g/mol. The maximum Gasteiger partial charge on any atom is 0.337 e. The first kappa shape index (κ1) is 18.1. The third-order valence-corrected chi connectivity index (χ3v) is 3.48. The molecule has 0 heterocycles. The van der Waals surface area contributed by atoms with E-state index in [0.717, 1.165) is 10.6 Å². The fourth-order valence-electron chi connectivity index (χ4n) is 2.08. The molecule has 7 heteroatoms. The van der Waals surface area contributed by atoms with Crippen LogP contribution in [0.3, 0.4) is 0 Å². The van der Waals surface area contributed by atoms with Crippen molar-refractivity contribution in [1.29, 1.82) is 0 Å². The third kappa shape index (κ3) is 5.42. The minimum absolute atomic E-state index is 0.174. The number of rotatable bonds is 6. The number of aromatic hydroxyl groups is 1. The maximum atomic E-state index is 12.1. The first-order valence-electron chi connectivity index (χ1n) is 7.64. The normalized spacial score (nSPS) is 10.6. The standard InChI is InChI=1S/C18H19N3O4/c1-21(17(23)11-6-13-4-3-5-16(22)12-13)20-19-15-9-7-14(8-10-15)18(24)25-2/h3-5,7-10,12,22H,6,11H2,1-2H3. The molecule has 0 aliphatic carbocycles. The summed E-state index contributed by atoms with van der Waals surface area (Å²) in [6.07, 6.45) is 0.751. The number of carbonyl (C=O) groups excluding carboxylic acids is 2. The van der Waals surface area contributed by atoms with Crippen molar-refractivity contribution in [3.05, 3.63) is 59.7 Å². The Morgan fingerprint density at radius 1 is 1.16 bits per heavy atom. The fourth-order valence-corrected chi connectivity index (χ4v) is 2.08. The Kier molecular flexibility index (Phi) is 6.22. The zero-order valence-corrected chi connectivity index (χ0v) is 14.0. The number of hydrogen-bond donors (Lipinski definition) is 1. The molecule has 1 amide bonds. The zero-order valence-electron chi connectivity index (χ0n) is 14.0. The number of amides is 1. The molecule has 130 valence electrons.